The fourth-order valence-corrected chi connectivity index (χ4v) is 2.91. The summed E-state index contributed by atoms with van der Waals surface area (Å²) in [5.41, 5.74) is 8.32. The predicted octanol–water partition coefficient (Wildman–Crippen LogP) is 4.05. The Kier molecular flexibility index (Phi) is 4.48. The topological polar surface area (TPSA) is 90.9 Å². The zero-order valence-corrected chi connectivity index (χ0v) is 14.8. The van der Waals surface area contributed by atoms with Gasteiger partial charge in [0.05, 0.1) is 11.0 Å². The quantitative estimate of drug-likeness (QED) is 0.541. The van der Waals surface area contributed by atoms with E-state index in [1.54, 1.807) is 18.2 Å². The average molecular weight is 382 g/mol. The maximum Gasteiger partial charge on any atom is 0.387 e. The number of ether oxygens (including phenoxy) is 1. The van der Waals surface area contributed by atoms with Gasteiger partial charge in [0.2, 0.25) is 5.95 Å². The summed E-state index contributed by atoms with van der Waals surface area (Å²) in [6.45, 7) is -0.987. The van der Waals surface area contributed by atoms with E-state index in [1.165, 1.54) is 12.1 Å². The maximum atomic E-state index is 12.3. The second-order valence-electron chi connectivity index (χ2n) is 5.99. The Labute approximate surface area is 158 Å². The molecule has 0 radical (unpaired) electrons. The van der Waals surface area contributed by atoms with Crippen LogP contribution in [0, 0.1) is 6.92 Å². The van der Waals surface area contributed by atoms with Crippen molar-refractivity contribution in [3.8, 4) is 11.6 Å². The van der Waals surface area contributed by atoms with Gasteiger partial charge in [-0.3, -0.25) is 4.57 Å². The molecule has 3 N–H and O–H groups in total. The second kappa shape index (κ2) is 7.10. The first-order valence-corrected chi connectivity index (χ1v) is 8.40. The smallest absolute Gasteiger partial charge is 0.387 e. The van der Waals surface area contributed by atoms with Crippen LogP contribution >= 0.6 is 0 Å². The molecular weight excluding hydrogens is 366 g/mol. The third kappa shape index (κ3) is 3.54. The molecule has 0 spiro atoms. The lowest BCUT2D eigenvalue weighted by atomic mass is 10.3. The minimum absolute atomic E-state index is 0.0650. The number of alkyl halides is 2. The minimum atomic E-state index is -2.87. The zero-order chi connectivity index (χ0) is 19.7. The Morgan fingerprint density at radius 1 is 1.04 bits per heavy atom. The number of rotatable bonds is 5. The van der Waals surface area contributed by atoms with E-state index in [2.05, 4.69) is 25.0 Å². The van der Waals surface area contributed by atoms with Gasteiger partial charge in [-0.25, -0.2) is 4.98 Å². The van der Waals surface area contributed by atoms with Gasteiger partial charge in [-0.15, -0.1) is 0 Å². The summed E-state index contributed by atoms with van der Waals surface area (Å²) in [5, 5.41) is 3.02. The molecular formula is C19H16F2N6O. The fraction of sp³-hybridized carbons (Fsp3) is 0.105. The number of nitrogens with zero attached hydrogens (tertiary/aromatic N) is 4. The number of fused-ring (bicyclic) bond motifs is 1. The van der Waals surface area contributed by atoms with E-state index in [0.717, 1.165) is 16.9 Å². The largest absolute Gasteiger partial charge is 0.435 e. The van der Waals surface area contributed by atoms with Crippen LogP contribution in [0.2, 0.25) is 0 Å². The van der Waals surface area contributed by atoms with Crippen LogP contribution in [0.4, 0.5) is 26.2 Å². The number of nitrogens with two attached hydrogens (primary N) is 1. The predicted molar refractivity (Wildman–Crippen MR) is 102 cm³/mol. The van der Waals surface area contributed by atoms with E-state index in [0.29, 0.717) is 11.5 Å². The molecule has 2 heterocycles. The molecule has 0 saturated heterocycles. The SMILES string of the molecule is Cc1nc2ccccc2n1-c1cc(N)nc(Nc2ccc(OC(F)F)cc2)n1. The highest BCUT2D eigenvalue weighted by Crippen LogP contribution is 2.24. The Bertz CT molecular complexity index is 1130. The van der Waals surface area contributed by atoms with Gasteiger partial charge in [0, 0.05) is 11.8 Å². The van der Waals surface area contributed by atoms with Crippen LogP contribution in [0.25, 0.3) is 16.9 Å². The molecule has 0 fully saturated rings. The van der Waals surface area contributed by atoms with Gasteiger partial charge in [-0.05, 0) is 43.3 Å². The van der Waals surface area contributed by atoms with Crippen molar-refractivity contribution in [2.24, 2.45) is 0 Å². The van der Waals surface area contributed by atoms with Crippen LogP contribution in [0.1, 0.15) is 5.82 Å². The van der Waals surface area contributed by atoms with E-state index in [1.807, 2.05) is 35.8 Å². The summed E-state index contributed by atoms with van der Waals surface area (Å²) >= 11 is 0. The van der Waals surface area contributed by atoms with Crippen molar-refractivity contribution >= 4 is 28.5 Å². The Balaban J connectivity index is 1.67. The van der Waals surface area contributed by atoms with Crippen molar-refractivity contribution < 1.29 is 13.5 Å². The summed E-state index contributed by atoms with van der Waals surface area (Å²) in [5.74, 6) is 1.95. The highest BCUT2D eigenvalue weighted by atomic mass is 19.3. The van der Waals surface area contributed by atoms with Gasteiger partial charge in [0.1, 0.15) is 23.2 Å². The normalized spacial score (nSPS) is 11.1. The summed E-state index contributed by atoms with van der Waals surface area (Å²) in [4.78, 5) is 13.2. The Hall–Kier alpha value is -3.75. The molecule has 2 aromatic heterocycles. The van der Waals surface area contributed by atoms with E-state index in [9.17, 15) is 8.78 Å². The number of nitrogens with one attached hydrogen (secondary N) is 1. The first-order valence-electron chi connectivity index (χ1n) is 8.40. The van der Waals surface area contributed by atoms with E-state index in [4.69, 9.17) is 5.73 Å². The average Bonchev–Trinajstić information content (AvgIpc) is 2.98. The van der Waals surface area contributed by atoms with Crippen LogP contribution in [0.3, 0.4) is 0 Å². The van der Waals surface area contributed by atoms with Crippen molar-refractivity contribution in [1.82, 2.24) is 19.5 Å². The molecule has 142 valence electrons. The lowest BCUT2D eigenvalue weighted by molar-refractivity contribution is -0.0498. The van der Waals surface area contributed by atoms with Gasteiger partial charge < -0.3 is 15.8 Å². The highest BCUT2D eigenvalue weighted by Gasteiger charge is 2.12. The number of aryl methyl sites for hydroxylation is 1. The molecule has 0 aliphatic carbocycles. The van der Waals surface area contributed by atoms with Crippen LogP contribution in [-0.2, 0) is 0 Å². The van der Waals surface area contributed by atoms with Gasteiger partial charge in [-0.1, -0.05) is 12.1 Å². The number of hydrogen-bond donors (Lipinski definition) is 2. The van der Waals surface area contributed by atoms with Gasteiger partial charge in [0.15, 0.2) is 0 Å². The van der Waals surface area contributed by atoms with E-state index < -0.39 is 6.61 Å². The summed E-state index contributed by atoms with van der Waals surface area (Å²) in [6, 6.07) is 15.4. The molecule has 0 aliphatic rings. The third-order valence-corrected chi connectivity index (χ3v) is 4.03. The molecule has 28 heavy (non-hydrogen) atoms. The van der Waals surface area contributed by atoms with Crippen LogP contribution in [0.15, 0.2) is 54.6 Å². The third-order valence-electron chi connectivity index (χ3n) is 4.03. The van der Waals surface area contributed by atoms with Crippen LogP contribution in [-0.4, -0.2) is 26.1 Å². The molecule has 4 rings (SSSR count). The first-order chi connectivity index (χ1) is 13.5. The van der Waals surface area contributed by atoms with Crippen LogP contribution in [0.5, 0.6) is 5.75 Å². The fourth-order valence-electron chi connectivity index (χ4n) is 2.91. The number of imidazole rings is 1. The first kappa shape index (κ1) is 17.7. The van der Waals surface area contributed by atoms with Crippen molar-refractivity contribution in [3.63, 3.8) is 0 Å². The number of nitrogen functional groups attached to an aromatic ring is 1. The number of anilines is 3. The Morgan fingerprint density at radius 2 is 1.79 bits per heavy atom. The molecule has 9 heteroatoms. The summed E-state index contributed by atoms with van der Waals surface area (Å²) < 4.78 is 30.7. The number of benzene rings is 2. The standard InChI is InChI=1S/C19H16F2N6O/c1-11-23-14-4-2-3-5-15(14)27(11)17-10-16(22)25-19(26-17)24-12-6-8-13(9-7-12)28-18(20)21/h2-10,18H,1H3,(H3,22,24,25,26). The van der Waals surface area contributed by atoms with Crippen molar-refractivity contribution in [3.05, 3.63) is 60.4 Å². The lowest BCUT2D eigenvalue weighted by Gasteiger charge is -2.11. The van der Waals surface area contributed by atoms with Crippen molar-refractivity contribution in [2.45, 2.75) is 13.5 Å². The van der Waals surface area contributed by atoms with Gasteiger partial charge in [0.25, 0.3) is 0 Å². The molecule has 4 aromatic rings. The molecule has 0 amide bonds. The van der Waals surface area contributed by atoms with Gasteiger partial charge in [-0.2, -0.15) is 18.7 Å². The number of halogens is 2. The molecule has 0 aliphatic heterocycles. The van der Waals surface area contributed by atoms with Gasteiger partial charge >= 0.3 is 6.61 Å². The minimum Gasteiger partial charge on any atom is -0.435 e. The van der Waals surface area contributed by atoms with Crippen molar-refractivity contribution in [1.29, 1.82) is 0 Å². The summed E-state index contributed by atoms with van der Waals surface area (Å²) in [7, 11) is 0. The van der Waals surface area contributed by atoms with Crippen LogP contribution < -0.4 is 15.8 Å². The number of para-hydroxylation sites is 2. The second-order valence-corrected chi connectivity index (χ2v) is 5.99. The number of aromatic nitrogens is 4. The molecule has 0 bridgehead atoms. The Morgan fingerprint density at radius 3 is 2.54 bits per heavy atom. The molecule has 2 aromatic carbocycles. The lowest BCUT2D eigenvalue weighted by Crippen LogP contribution is -2.07. The highest BCUT2D eigenvalue weighted by molar-refractivity contribution is 5.78. The molecule has 0 saturated carbocycles. The maximum absolute atomic E-state index is 12.3. The molecule has 0 atom stereocenters. The zero-order valence-electron chi connectivity index (χ0n) is 14.8. The molecule has 0 unspecified atom stereocenters. The van der Waals surface area contributed by atoms with E-state index in [-0.39, 0.29) is 17.5 Å². The van der Waals surface area contributed by atoms with E-state index >= 15 is 0 Å². The van der Waals surface area contributed by atoms with Crippen molar-refractivity contribution in [2.75, 3.05) is 11.1 Å². The molecule has 7 nitrogen and oxygen atoms in total. The number of hydrogen-bond acceptors (Lipinski definition) is 6. The monoisotopic (exact) mass is 382 g/mol. The summed E-state index contributed by atoms with van der Waals surface area (Å²) in [6.07, 6.45) is 0.